The Bertz CT molecular complexity index is 716. The molecule has 1 atom stereocenters. The normalized spacial score (nSPS) is 17.4. The molecule has 1 amide bonds. The molecule has 26 heavy (non-hydrogen) atoms. The van der Waals surface area contributed by atoms with Gasteiger partial charge in [-0.05, 0) is 46.1 Å². The molecule has 1 aliphatic rings. The number of nitrogens with zero attached hydrogens (tertiary/aromatic N) is 6. The molecule has 1 saturated heterocycles. The second kappa shape index (κ2) is 8.88. The zero-order chi connectivity index (χ0) is 18.4. The Morgan fingerprint density at radius 1 is 1.35 bits per heavy atom. The Kier molecular flexibility index (Phi) is 6.32. The molecule has 0 spiro atoms. The number of aryl methyl sites for hydroxylation is 4. The van der Waals surface area contributed by atoms with Crippen molar-refractivity contribution in [3.63, 3.8) is 0 Å². The Hall–Kier alpha value is -2.29. The van der Waals surface area contributed by atoms with Gasteiger partial charge in [-0.1, -0.05) is 11.6 Å². The highest BCUT2D eigenvalue weighted by molar-refractivity contribution is 5.91. The first-order chi connectivity index (χ1) is 12.6. The molecule has 1 aliphatic heterocycles. The van der Waals surface area contributed by atoms with Crippen LogP contribution in [0.25, 0.3) is 0 Å². The third kappa shape index (κ3) is 5.10. The average molecular weight is 360 g/mol. The lowest BCUT2D eigenvalue weighted by atomic mass is 10.0. The zero-order valence-electron chi connectivity index (χ0n) is 15.6. The molecule has 0 bridgehead atoms. The Labute approximate surface area is 153 Å². The van der Waals surface area contributed by atoms with E-state index in [0.717, 1.165) is 44.1 Å². The number of carbonyl (C=O) groups is 1. The van der Waals surface area contributed by atoms with Crippen molar-refractivity contribution in [3.05, 3.63) is 23.5 Å². The summed E-state index contributed by atoms with van der Waals surface area (Å²) in [5.41, 5.74) is 0.370. The number of hydrogen-bond acceptors (Lipinski definition) is 6. The highest BCUT2D eigenvalue weighted by Crippen LogP contribution is 2.10. The van der Waals surface area contributed by atoms with Crippen LogP contribution < -0.4 is 10.6 Å². The standard InChI is InChI=1S/C17H28N8O/c1-13-20-14(2)25(22-13)10-5-9-19-17(26)16-12-24(23-21-16)11-7-15-6-3-4-8-18-15/h12,15,18H,3-11H2,1-2H3,(H,19,26)/t15-/m1/s1. The molecule has 0 saturated carbocycles. The topological polar surface area (TPSA) is 103 Å². The summed E-state index contributed by atoms with van der Waals surface area (Å²) in [5.74, 6) is 1.48. The molecule has 2 aromatic heterocycles. The lowest BCUT2D eigenvalue weighted by Crippen LogP contribution is -2.34. The Balaban J connectivity index is 1.38. The lowest BCUT2D eigenvalue weighted by molar-refractivity contribution is 0.0947. The minimum absolute atomic E-state index is 0.182. The van der Waals surface area contributed by atoms with E-state index < -0.39 is 0 Å². The van der Waals surface area contributed by atoms with Crippen molar-refractivity contribution >= 4 is 5.91 Å². The van der Waals surface area contributed by atoms with Gasteiger partial charge in [-0.2, -0.15) is 5.10 Å². The first-order valence-electron chi connectivity index (χ1n) is 9.41. The van der Waals surface area contributed by atoms with Gasteiger partial charge in [0.1, 0.15) is 11.6 Å². The zero-order valence-corrected chi connectivity index (χ0v) is 15.6. The number of aromatic nitrogens is 6. The second-order valence-electron chi connectivity index (χ2n) is 6.84. The van der Waals surface area contributed by atoms with Gasteiger partial charge in [0.25, 0.3) is 5.91 Å². The molecule has 142 valence electrons. The summed E-state index contributed by atoms with van der Waals surface area (Å²) in [6.07, 6.45) is 7.30. The number of carbonyl (C=O) groups excluding carboxylic acids is 1. The molecule has 2 aromatic rings. The third-order valence-corrected chi connectivity index (χ3v) is 4.69. The van der Waals surface area contributed by atoms with Crippen LogP contribution >= 0.6 is 0 Å². The molecule has 3 rings (SSSR count). The van der Waals surface area contributed by atoms with Crippen LogP contribution in [-0.2, 0) is 13.1 Å². The molecule has 3 heterocycles. The van der Waals surface area contributed by atoms with E-state index in [1.54, 1.807) is 10.9 Å². The summed E-state index contributed by atoms with van der Waals surface area (Å²) in [6, 6.07) is 0.550. The Morgan fingerprint density at radius 2 is 2.23 bits per heavy atom. The van der Waals surface area contributed by atoms with Crippen molar-refractivity contribution in [1.82, 2.24) is 40.4 Å². The van der Waals surface area contributed by atoms with Gasteiger partial charge in [0, 0.05) is 25.7 Å². The summed E-state index contributed by atoms with van der Waals surface area (Å²) in [4.78, 5) is 16.4. The number of hydrogen-bond donors (Lipinski definition) is 2. The summed E-state index contributed by atoms with van der Waals surface area (Å²) >= 11 is 0. The maximum atomic E-state index is 12.2. The van der Waals surface area contributed by atoms with Crippen molar-refractivity contribution in [2.45, 2.75) is 65.1 Å². The number of amides is 1. The number of nitrogens with one attached hydrogen (secondary N) is 2. The number of piperidine rings is 1. The van der Waals surface area contributed by atoms with E-state index in [1.165, 1.54) is 19.3 Å². The van der Waals surface area contributed by atoms with E-state index >= 15 is 0 Å². The van der Waals surface area contributed by atoms with Crippen molar-refractivity contribution in [1.29, 1.82) is 0 Å². The maximum absolute atomic E-state index is 12.2. The largest absolute Gasteiger partial charge is 0.351 e. The van der Waals surface area contributed by atoms with Gasteiger partial charge in [0.05, 0.1) is 6.20 Å². The fourth-order valence-corrected chi connectivity index (χ4v) is 3.26. The minimum Gasteiger partial charge on any atom is -0.351 e. The molecule has 2 N–H and O–H groups in total. The van der Waals surface area contributed by atoms with Gasteiger partial charge in [-0.3, -0.25) is 14.2 Å². The van der Waals surface area contributed by atoms with Crippen LogP contribution in [0.1, 0.15) is 54.2 Å². The van der Waals surface area contributed by atoms with Gasteiger partial charge >= 0.3 is 0 Å². The predicted octanol–water partition coefficient (Wildman–Crippen LogP) is 0.839. The summed E-state index contributed by atoms with van der Waals surface area (Å²) in [5, 5.41) is 18.8. The highest BCUT2D eigenvalue weighted by atomic mass is 16.2. The van der Waals surface area contributed by atoms with E-state index in [4.69, 9.17) is 0 Å². The first-order valence-corrected chi connectivity index (χ1v) is 9.41. The van der Waals surface area contributed by atoms with Crippen LogP contribution in [0.4, 0.5) is 0 Å². The van der Waals surface area contributed by atoms with Crippen LogP contribution in [0.5, 0.6) is 0 Å². The summed E-state index contributed by atoms with van der Waals surface area (Å²) in [6.45, 7) is 6.98. The van der Waals surface area contributed by atoms with E-state index in [2.05, 4.69) is 31.0 Å². The van der Waals surface area contributed by atoms with E-state index in [9.17, 15) is 4.79 Å². The second-order valence-corrected chi connectivity index (χ2v) is 6.84. The molecule has 0 aliphatic carbocycles. The fourth-order valence-electron chi connectivity index (χ4n) is 3.26. The van der Waals surface area contributed by atoms with Crippen LogP contribution in [0.2, 0.25) is 0 Å². The predicted molar refractivity (Wildman–Crippen MR) is 96.7 cm³/mol. The fraction of sp³-hybridized carbons (Fsp3) is 0.706. The van der Waals surface area contributed by atoms with Crippen molar-refractivity contribution < 1.29 is 4.79 Å². The number of rotatable bonds is 8. The van der Waals surface area contributed by atoms with Crippen molar-refractivity contribution in [2.75, 3.05) is 13.1 Å². The minimum atomic E-state index is -0.182. The monoisotopic (exact) mass is 360 g/mol. The lowest BCUT2D eigenvalue weighted by Gasteiger charge is -2.23. The Morgan fingerprint density at radius 3 is 2.96 bits per heavy atom. The average Bonchev–Trinajstić information content (AvgIpc) is 3.24. The van der Waals surface area contributed by atoms with Gasteiger partial charge in [0.15, 0.2) is 5.69 Å². The molecule has 0 unspecified atom stereocenters. The molecule has 9 heteroatoms. The highest BCUT2D eigenvalue weighted by Gasteiger charge is 2.14. The van der Waals surface area contributed by atoms with E-state index in [0.29, 0.717) is 18.3 Å². The van der Waals surface area contributed by atoms with Gasteiger partial charge in [-0.15, -0.1) is 5.10 Å². The molecule has 9 nitrogen and oxygen atoms in total. The summed E-state index contributed by atoms with van der Waals surface area (Å²) in [7, 11) is 0. The van der Waals surface area contributed by atoms with Crippen LogP contribution in [0.3, 0.4) is 0 Å². The maximum Gasteiger partial charge on any atom is 0.273 e. The third-order valence-electron chi connectivity index (χ3n) is 4.69. The van der Waals surface area contributed by atoms with Crippen molar-refractivity contribution in [3.8, 4) is 0 Å². The molecule has 0 radical (unpaired) electrons. The molecule has 1 fully saturated rings. The quantitative estimate of drug-likeness (QED) is 0.676. The molecular weight excluding hydrogens is 332 g/mol. The van der Waals surface area contributed by atoms with E-state index in [1.807, 2.05) is 18.5 Å². The van der Waals surface area contributed by atoms with Crippen LogP contribution in [-0.4, -0.2) is 54.8 Å². The smallest absolute Gasteiger partial charge is 0.273 e. The van der Waals surface area contributed by atoms with Crippen molar-refractivity contribution in [2.24, 2.45) is 0 Å². The van der Waals surface area contributed by atoms with Crippen LogP contribution in [0, 0.1) is 13.8 Å². The molecular formula is C17H28N8O. The van der Waals surface area contributed by atoms with E-state index in [-0.39, 0.29) is 5.91 Å². The molecule has 0 aromatic carbocycles. The van der Waals surface area contributed by atoms with Crippen LogP contribution in [0.15, 0.2) is 6.20 Å². The van der Waals surface area contributed by atoms with Gasteiger partial charge in [0.2, 0.25) is 0 Å². The SMILES string of the molecule is Cc1nc(C)n(CCCNC(=O)c2cn(CC[C@H]3CCCCN3)nn2)n1. The van der Waals surface area contributed by atoms with Gasteiger partial charge < -0.3 is 10.6 Å². The van der Waals surface area contributed by atoms with Gasteiger partial charge in [-0.25, -0.2) is 4.98 Å². The first kappa shape index (κ1) is 18.5. The summed E-state index contributed by atoms with van der Waals surface area (Å²) < 4.78 is 3.61.